The predicted octanol–water partition coefficient (Wildman–Crippen LogP) is 7.15. The van der Waals surface area contributed by atoms with Gasteiger partial charge in [-0.3, -0.25) is 9.59 Å². The van der Waals surface area contributed by atoms with E-state index in [-0.39, 0.29) is 31.3 Å². The lowest BCUT2D eigenvalue weighted by molar-refractivity contribution is 0.0554. The van der Waals surface area contributed by atoms with E-state index < -0.39 is 23.8 Å². The van der Waals surface area contributed by atoms with Gasteiger partial charge in [0.1, 0.15) is 11.6 Å². The number of aryl methyl sites for hydroxylation is 2. The minimum absolute atomic E-state index is 0.0128. The number of thiophene rings is 1. The molecule has 0 aliphatic carbocycles. The number of halogens is 2. The van der Waals surface area contributed by atoms with Gasteiger partial charge in [0.25, 0.3) is 11.8 Å². The number of nitrogens with zero attached hydrogens (tertiary/aromatic N) is 2. The fraction of sp³-hybridized carbons (Fsp3) is 0.351. The molecule has 2 amide bonds. The molecule has 0 aliphatic rings. The number of carbonyl (C=O) groups is 2. The van der Waals surface area contributed by atoms with Crippen LogP contribution in [-0.2, 0) is 13.0 Å². The summed E-state index contributed by atoms with van der Waals surface area (Å²) in [6.45, 7) is 9.22. The number of nitrogens with two attached hydrogens (primary N) is 1. The van der Waals surface area contributed by atoms with E-state index in [0.29, 0.717) is 29.8 Å². The molecular formula is C37H43F2N3O3S. The third-order valence-electron chi connectivity index (χ3n) is 7.75. The van der Waals surface area contributed by atoms with Crippen molar-refractivity contribution in [3.63, 3.8) is 0 Å². The highest BCUT2D eigenvalue weighted by atomic mass is 32.1. The maximum Gasteiger partial charge on any atom is 0.254 e. The Bertz CT molecular complexity index is 1630. The molecular weight excluding hydrogens is 604 g/mol. The first-order valence-electron chi connectivity index (χ1n) is 15.7. The number of carbonyl (C=O) groups excluding carboxylic acids is 2. The highest BCUT2D eigenvalue weighted by molar-refractivity contribution is 7.15. The molecule has 9 heteroatoms. The van der Waals surface area contributed by atoms with Crippen LogP contribution in [-0.4, -0.2) is 58.5 Å². The van der Waals surface area contributed by atoms with Crippen LogP contribution in [0.15, 0.2) is 72.8 Å². The summed E-state index contributed by atoms with van der Waals surface area (Å²) in [7, 11) is 0. The molecule has 0 saturated carbocycles. The Labute approximate surface area is 274 Å². The Kier molecular flexibility index (Phi) is 12.2. The molecule has 3 N–H and O–H groups in total. The lowest BCUT2D eigenvalue weighted by Crippen LogP contribution is -2.46. The molecule has 0 spiro atoms. The first kappa shape index (κ1) is 34.9. The molecule has 1 aromatic heterocycles. The Morgan fingerprint density at radius 1 is 0.826 bits per heavy atom. The van der Waals surface area contributed by atoms with Gasteiger partial charge in [-0.25, -0.2) is 8.78 Å². The molecule has 0 bridgehead atoms. The fourth-order valence-corrected chi connectivity index (χ4v) is 6.46. The summed E-state index contributed by atoms with van der Waals surface area (Å²) < 4.78 is 27.6. The topological polar surface area (TPSA) is 86.9 Å². The zero-order chi connectivity index (χ0) is 33.4. The summed E-state index contributed by atoms with van der Waals surface area (Å²) >= 11 is 1.68. The third-order valence-corrected chi connectivity index (χ3v) is 8.80. The monoisotopic (exact) mass is 647 g/mol. The molecule has 4 aromatic rings. The van der Waals surface area contributed by atoms with E-state index in [4.69, 9.17) is 5.73 Å². The molecule has 0 saturated heterocycles. The second-order valence-electron chi connectivity index (χ2n) is 11.9. The molecule has 3 aromatic carbocycles. The lowest BCUT2D eigenvalue weighted by atomic mass is 10.00. The van der Waals surface area contributed by atoms with Gasteiger partial charge in [-0.1, -0.05) is 32.0 Å². The summed E-state index contributed by atoms with van der Waals surface area (Å²) in [5, 5.41) is 11.2. The molecule has 4 rings (SSSR count). The number of hydrogen-bond donors (Lipinski definition) is 2. The molecule has 46 heavy (non-hydrogen) atoms. The Morgan fingerprint density at radius 3 is 2.04 bits per heavy atom. The van der Waals surface area contributed by atoms with Gasteiger partial charge in [-0.2, -0.15) is 0 Å². The summed E-state index contributed by atoms with van der Waals surface area (Å²) in [5.41, 5.74) is 10.0. The van der Waals surface area contributed by atoms with Crippen LogP contribution in [0.5, 0.6) is 0 Å². The standard InChI is InChI=1S/C37H43F2N3O3S/c1-5-12-41(13-6-2)36(44)29-14-24(3)15-30(20-29)37(45)42(22-26-8-7-9-28(16-26)35-11-10-25(4)46-35)23-34(43)33(40)19-27-17-31(38)21-32(39)18-27/h7-11,14-18,20-21,33-34,43H,5-6,12-13,19,22-23,40H2,1-4H3/t33-,34+/m0/s1. The van der Waals surface area contributed by atoms with Gasteiger partial charge in [-0.05, 0) is 104 Å². The molecule has 1 heterocycles. The van der Waals surface area contributed by atoms with Crippen molar-refractivity contribution in [3.8, 4) is 10.4 Å². The predicted molar refractivity (Wildman–Crippen MR) is 181 cm³/mol. The Morgan fingerprint density at radius 2 is 1.46 bits per heavy atom. The number of benzene rings is 3. The largest absolute Gasteiger partial charge is 0.390 e. The minimum Gasteiger partial charge on any atom is -0.390 e. The highest BCUT2D eigenvalue weighted by Crippen LogP contribution is 2.29. The van der Waals surface area contributed by atoms with E-state index in [0.717, 1.165) is 40.5 Å². The van der Waals surface area contributed by atoms with Crippen LogP contribution >= 0.6 is 11.3 Å². The van der Waals surface area contributed by atoms with Crippen LogP contribution in [0.1, 0.15) is 69.0 Å². The van der Waals surface area contributed by atoms with Gasteiger partial charge in [0.2, 0.25) is 0 Å². The van der Waals surface area contributed by atoms with E-state index in [1.54, 1.807) is 34.4 Å². The maximum atomic E-state index is 14.2. The van der Waals surface area contributed by atoms with E-state index >= 15 is 0 Å². The van der Waals surface area contributed by atoms with Gasteiger partial charge >= 0.3 is 0 Å². The van der Waals surface area contributed by atoms with Crippen molar-refractivity contribution < 1.29 is 23.5 Å². The molecule has 0 aliphatic heterocycles. The van der Waals surface area contributed by atoms with Gasteiger partial charge in [0.15, 0.2) is 0 Å². The number of aliphatic hydroxyl groups is 1. The fourth-order valence-electron chi connectivity index (χ4n) is 5.60. The lowest BCUT2D eigenvalue weighted by Gasteiger charge is -2.29. The smallest absolute Gasteiger partial charge is 0.254 e. The van der Waals surface area contributed by atoms with Crippen molar-refractivity contribution in [2.45, 2.75) is 65.6 Å². The first-order chi connectivity index (χ1) is 22.0. The van der Waals surface area contributed by atoms with Crippen molar-refractivity contribution in [2.24, 2.45) is 5.73 Å². The summed E-state index contributed by atoms with van der Waals surface area (Å²) in [4.78, 5) is 33.3. The van der Waals surface area contributed by atoms with Gasteiger partial charge in [-0.15, -0.1) is 11.3 Å². The molecule has 0 fully saturated rings. The van der Waals surface area contributed by atoms with Crippen LogP contribution < -0.4 is 5.73 Å². The SMILES string of the molecule is CCCN(CCC)C(=O)c1cc(C)cc(C(=O)N(Cc2cccc(-c3ccc(C)s3)c2)C[C@@H](O)[C@@H](N)Cc2cc(F)cc(F)c2)c1. The average Bonchev–Trinajstić information content (AvgIpc) is 3.45. The van der Waals surface area contributed by atoms with E-state index in [1.807, 2.05) is 52.0 Å². The van der Waals surface area contributed by atoms with E-state index in [9.17, 15) is 23.5 Å². The molecule has 0 unspecified atom stereocenters. The first-order valence-corrected chi connectivity index (χ1v) is 16.5. The number of aliphatic hydroxyl groups excluding tert-OH is 1. The Hall–Kier alpha value is -3.92. The summed E-state index contributed by atoms with van der Waals surface area (Å²) in [6.07, 6.45) is 0.455. The zero-order valence-electron chi connectivity index (χ0n) is 26.9. The van der Waals surface area contributed by atoms with Crippen molar-refractivity contribution in [1.82, 2.24) is 9.80 Å². The second kappa shape index (κ2) is 16.1. The molecule has 244 valence electrons. The third kappa shape index (κ3) is 9.31. The van der Waals surface area contributed by atoms with Gasteiger partial charge in [0, 0.05) is 59.2 Å². The van der Waals surface area contributed by atoms with Crippen LogP contribution in [0.3, 0.4) is 0 Å². The number of rotatable bonds is 14. The second-order valence-corrected chi connectivity index (χ2v) is 13.2. The van der Waals surface area contributed by atoms with Crippen molar-refractivity contribution >= 4 is 23.2 Å². The summed E-state index contributed by atoms with van der Waals surface area (Å²) in [6, 6.07) is 19.4. The molecule has 0 radical (unpaired) electrons. The average molecular weight is 648 g/mol. The minimum atomic E-state index is -1.20. The van der Waals surface area contributed by atoms with Crippen molar-refractivity contribution in [2.75, 3.05) is 19.6 Å². The normalized spacial score (nSPS) is 12.5. The van der Waals surface area contributed by atoms with Crippen LogP contribution in [0.2, 0.25) is 0 Å². The van der Waals surface area contributed by atoms with E-state index in [1.165, 1.54) is 21.9 Å². The quantitative estimate of drug-likeness (QED) is 0.152. The summed E-state index contributed by atoms with van der Waals surface area (Å²) in [5.74, 6) is -1.95. The zero-order valence-corrected chi connectivity index (χ0v) is 27.7. The van der Waals surface area contributed by atoms with Gasteiger partial charge < -0.3 is 20.6 Å². The van der Waals surface area contributed by atoms with Crippen LogP contribution in [0.4, 0.5) is 8.78 Å². The van der Waals surface area contributed by atoms with Crippen molar-refractivity contribution in [1.29, 1.82) is 0 Å². The van der Waals surface area contributed by atoms with Gasteiger partial charge in [0.05, 0.1) is 6.10 Å². The maximum absolute atomic E-state index is 14.2. The molecule has 6 nitrogen and oxygen atoms in total. The van der Waals surface area contributed by atoms with Crippen LogP contribution in [0, 0.1) is 25.5 Å². The number of hydrogen-bond acceptors (Lipinski definition) is 5. The van der Waals surface area contributed by atoms with Crippen LogP contribution in [0.25, 0.3) is 10.4 Å². The van der Waals surface area contributed by atoms with Crippen molar-refractivity contribution in [3.05, 3.63) is 117 Å². The number of amides is 2. The molecule has 2 atom stereocenters. The Balaban J connectivity index is 1.65. The highest BCUT2D eigenvalue weighted by Gasteiger charge is 2.26. The van der Waals surface area contributed by atoms with E-state index in [2.05, 4.69) is 12.1 Å².